The van der Waals surface area contributed by atoms with Gasteiger partial charge in [0.1, 0.15) is 17.1 Å². The summed E-state index contributed by atoms with van der Waals surface area (Å²) in [4.78, 5) is 13.3. The van der Waals surface area contributed by atoms with Crippen LogP contribution in [0.15, 0.2) is 48.5 Å². The van der Waals surface area contributed by atoms with E-state index < -0.39 is 16.1 Å². The first-order valence-corrected chi connectivity index (χ1v) is 13.8. The fourth-order valence-electron chi connectivity index (χ4n) is 4.93. The van der Waals surface area contributed by atoms with Crippen LogP contribution < -0.4 is 19.1 Å². The molecule has 0 unspecified atom stereocenters. The summed E-state index contributed by atoms with van der Waals surface area (Å²) in [6.45, 7) is 1.91. The zero-order valence-electron chi connectivity index (χ0n) is 20.1. The van der Waals surface area contributed by atoms with Crippen LogP contribution in [0.1, 0.15) is 63.5 Å². The van der Waals surface area contributed by atoms with Crippen LogP contribution in [0.5, 0.6) is 11.5 Å². The number of hydrogen-bond acceptors (Lipinski definition) is 5. The molecule has 0 aromatic heterocycles. The van der Waals surface area contributed by atoms with Gasteiger partial charge in [-0.15, -0.1) is 0 Å². The van der Waals surface area contributed by atoms with Gasteiger partial charge in [-0.25, -0.2) is 8.42 Å². The lowest BCUT2D eigenvalue weighted by molar-refractivity contribution is -0.129. The number of rotatable bonds is 7. The second kappa shape index (κ2) is 9.86. The van der Waals surface area contributed by atoms with Crippen molar-refractivity contribution >= 4 is 21.6 Å². The molecule has 8 heteroatoms. The summed E-state index contributed by atoms with van der Waals surface area (Å²) in [5, 5.41) is 3.24. The van der Waals surface area contributed by atoms with E-state index in [2.05, 4.69) is 5.32 Å². The highest BCUT2D eigenvalue weighted by Gasteiger charge is 2.42. The number of benzene rings is 2. The number of anilines is 1. The average molecular weight is 487 g/mol. The Bertz CT molecular complexity index is 1110. The number of nitrogens with one attached hydrogen (secondary N) is 1. The van der Waals surface area contributed by atoms with E-state index in [1.807, 2.05) is 31.2 Å². The fourth-order valence-corrected chi connectivity index (χ4v) is 5.43. The first-order chi connectivity index (χ1) is 16.2. The number of nitrogens with zero attached hydrogens (tertiary/aromatic N) is 1. The number of fused-ring (bicyclic) bond motifs is 1. The van der Waals surface area contributed by atoms with Crippen LogP contribution in [0.3, 0.4) is 0 Å². The average Bonchev–Trinajstić information content (AvgIpc) is 2.82. The highest BCUT2D eigenvalue weighted by atomic mass is 32.2. The maximum absolute atomic E-state index is 13.3. The molecule has 1 heterocycles. The number of ether oxygens (including phenoxy) is 2. The third-order valence-electron chi connectivity index (χ3n) is 6.92. The van der Waals surface area contributed by atoms with Gasteiger partial charge < -0.3 is 14.8 Å². The second-order valence-electron chi connectivity index (χ2n) is 9.39. The molecule has 1 aliphatic carbocycles. The Morgan fingerprint density at radius 1 is 1.15 bits per heavy atom. The molecule has 0 bridgehead atoms. The van der Waals surface area contributed by atoms with Crippen LogP contribution in [0, 0.1) is 0 Å². The minimum Gasteiger partial charge on any atom is -0.487 e. The van der Waals surface area contributed by atoms with E-state index in [9.17, 15) is 13.2 Å². The van der Waals surface area contributed by atoms with Crippen molar-refractivity contribution < 1.29 is 22.7 Å². The Morgan fingerprint density at radius 2 is 1.82 bits per heavy atom. The molecule has 2 atom stereocenters. The van der Waals surface area contributed by atoms with Gasteiger partial charge in [0.05, 0.1) is 18.0 Å². The Kier molecular flexibility index (Phi) is 7.07. The summed E-state index contributed by atoms with van der Waals surface area (Å²) < 4.78 is 37.2. The number of sulfonamides is 1. The Balaban J connectivity index is 1.47. The SMILES string of the molecule is CC[C@H](Oc1ccc(N(C)S(C)(=O)=O)cc1)C(=O)N[C@@H]1CC2(CCCCC2)Oc2ccccc21. The summed E-state index contributed by atoms with van der Waals surface area (Å²) in [5.41, 5.74) is 1.33. The van der Waals surface area contributed by atoms with Crippen molar-refractivity contribution in [3.63, 3.8) is 0 Å². The molecule has 1 fully saturated rings. The third-order valence-corrected chi connectivity index (χ3v) is 8.12. The number of para-hydroxylation sites is 1. The molecule has 2 aliphatic rings. The van der Waals surface area contributed by atoms with E-state index in [0.717, 1.165) is 49.7 Å². The molecule has 1 spiro atoms. The lowest BCUT2D eigenvalue weighted by atomic mass is 9.77. The van der Waals surface area contributed by atoms with Gasteiger partial charge in [-0.2, -0.15) is 0 Å². The molecular weight excluding hydrogens is 452 g/mol. The van der Waals surface area contributed by atoms with Gasteiger partial charge in [-0.1, -0.05) is 31.5 Å². The predicted octanol–water partition coefficient (Wildman–Crippen LogP) is 4.58. The highest BCUT2D eigenvalue weighted by Crippen LogP contribution is 2.46. The van der Waals surface area contributed by atoms with Gasteiger partial charge in [-0.05, 0) is 62.4 Å². The maximum atomic E-state index is 13.3. The largest absolute Gasteiger partial charge is 0.487 e. The van der Waals surface area contributed by atoms with E-state index in [1.54, 1.807) is 24.3 Å². The molecule has 34 heavy (non-hydrogen) atoms. The monoisotopic (exact) mass is 486 g/mol. The topological polar surface area (TPSA) is 84.9 Å². The van der Waals surface area contributed by atoms with Crippen molar-refractivity contribution in [2.24, 2.45) is 0 Å². The van der Waals surface area contributed by atoms with Crippen molar-refractivity contribution in [2.45, 2.75) is 69.6 Å². The van der Waals surface area contributed by atoms with Gasteiger partial charge in [0.2, 0.25) is 10.0 Å². The minimum absolute atomic E-state index is 0.126. The number of carbonyl (C=O) groups is 1. The van der Waals surface area contributed by atoms with E-state index in [0.29, 0.717) is 17.9 Å². The van der Waals surface area contributed by atoms with Crippen molar-refractivity contribution in [1.29, 1.82) is 0 Å². The van der Waals surface area contributed by atoms with Crippen molar-refractivity contribution in [3.05, 3.63) is 54.1 Å². The Labute approximate surface area is 202 Å². The lowest BCUT2D eigenvalue weighted by Gasteiger charge is -2.44. The van der Waals surface area contributed by atoms with Crippen LogP contribution in [0.2, 0.25) is 0 Å². The van der Waals surface area contributed by atoms with Gasteiger partial charge in [-0.3, -0.25) is 9.10 Å². The molecule has 2 aromatic rings. The summed E-state index contributed by atoms with van der Waals surface area (Å²) in [6.07, 6.45) is 7.31. The summed E-state index contributed by atoms with van der Waals surface area (Å²) in [7, 11) is -1.85. The second-order valence-corrected chi connectivity index (χ2v) is 11.4. The number of hydrogen-bond donors (Lipinski definition) is 1. The van der Waals surface area contributed by atoms with E-state index in [-0.39, 0.29) is 17.6 Å². The number of carbonyl (C=O) groups excluding carboxylic acids is 1. The zero-order chi connectivity index (χ0) is 24.3. The van der Waals surface area contributed by atoms with Crippen LogP contribution in [0.25, 0.3) is 0 Å². The van der Waals surface area contributed by atoms with Gasteiger partial charge >= 0.3 is 0 Å². The summed E-state index contributed by atoms with van der Waals surface area (Å²) in [6, 6.07) is 14.6. The molecule has 0 radical (unpaired) electrons. The Morgan fingerprint density at radius 3 is 2.47 bits per heavy atom. The predicted molar refractivity (Wildman–Crippen MR) is 133 cm³/mol. The minimum atomic E-state index is -3.34. The van der Waals surface area contributed by atoms with E-state index in [4.69, 9.17) is 9.47 Å². The zero-order valence-corrected chi connectivity index (χ0v) is 20.9. The van der Waals surface area contributed by atoms with Crippen molar-refractivity contribution in [2.75, 3.05) is 17.6 Å². The van der Waals surface area contributed by atoms with Gasteiger partial charge in [0.15, 0.2) is 6.10 Å². The molecule has 7 nitrogen and oxygen atoms in total. The van der Waals surface area contributed by atoms with Crippen LogP contribution in [-0.4, -0.2) is 39.3 Å². The summed E-state index contributed by atoms with van der Waals surface area (Å²) >= 11 is 0. The standard InChI is InChI=1S/C26H34N2O5S/c1-4-23(32-20-14-12-19(13-15-20)28(2)34(3,30)31)25(29)27-22-18-26(16-8-5-9-17-26)33-24-11-7-6-10-21(22)24/h6-7,10-15,22-23H,4-5,8-9,16-18H2,1-3H3,(H,27,29)/t22-,23+/m1/s1. The maximum Gasteiger partial charge on any atom is 0.261 e. The first kappa shape index (κ1) is 24.4. The van der Waals surface area contributed by atoms with Crippen molar-refractivity contribution in [1.82, 2.24) is 5.32 Å². The molecule has 1 saturated carbocycles. The van der Waals surface area contributed by atoms with Gasteiger partial charge in [0, 0.05) is 19.0 Å². The smallest absolute Gasteiger partial charge is 0.261 e. The highest BCUT2D eigenvalue weighted by molar-refractivity contribution is 7.92. The Hall–Kier alpha value is -2.74. The lowest BCUT2D eigenvalue weighted by Crippen LogP contribution is -2.48. The van der Waals surface area contributed by atoms with Crippen LogP contribution in [0.4, 0.5) is 5.69 Å². The molecule has 2 aromatic carbocycles. The molecule has 1 amide bonds. The molecule has 184 valence electrons. The summed E-state index contributed by atoms with van der Waals surface area (Å²) in [5.74, 6) is 1.22. The molecule has 4 rings (SSSR count). The first-order valence-electron chi connectivity index (χ1n) is 12.0. The molecule has 1 N–H and O–H groups in total. The van der Waals surface area contributed by atoms with E-state index >= 15 is 0 Å². The normalized spacial score (nSPS) is 20.0. The van der Waals surface area contributed by atoms with Gasteiger partial charge in [0.25, 0.3) is 5.91 Å². The fraction of sp³-hybridized carbons (Fsp3) is 0.500. The van der Waals surface area contributed by atoms with Crippen LogP contribution >= 0.6 is 0 Å². The number of amides is 1. The van der Waals surface area contributed by atoms with E-state index in [1.165, 1.54) is 17.8 Å². The van der Waals surface area contributed by atoms with Crippen LogP contribution in [-0.2, 0) is 14.8 Å². The quantitative estimate of drug-likeness (QED) is 0.619. The molecule has 1 aliphatic heterocycles. The molecular formula is C26H34N2O5S. The third kappa shape index (κ3) is 5.32. The van der Waals surface area contributed by atoms with Crippen molar-refractivity contribution in [3.8, 4) is 11.5 Å². The molecule has 0 saturated heterocycles.